The lowest BCUT2D eigenvalue weighted by Gasteiger charge is -2.29. The van der Waals surface area contributed by atoms with Gasteiger partial charge in [0.15, 0.2) is 0 Å². The Morgan fingerprint density at radius 3 is 2.93 bits per heavy atom. The van der Waals surface area contributed by atoms with Crippen molar-refractivity contribution in [3.8, 4) is 0 Å². The molecule has 2 aromatic rings. The first-order chi connectivity index (χ1) is 14.6. The summed E-state index contributed by atoms with van der Waals surface area (Å²) in [6.07, 6.45) is 1.76. The second kappa shape index (κ2) is 7.94. The predicted octanol–water partition coefficient (Wildman–Crippen LogP) is 1.49. The summed E-state index contributed by atoms with van der Waals surface area (Å²) in [6.45, 7) is 2.99. The van der Waals surface area contributed by atoms with Gasteiger partial charge in [-0.05, 0) is 47.0 Å². The largest absolute Gasteiger partial charge is 0.322 e. The first-order valence-electron chi connectivity index (χ1n) is 10.4. The Kier molecular flexibility index (Phi) is 5.14. The van der Waals surface area contributed by atoms with Gasteiger partial charge in [0.25, 0.3) is 5.91 Å². The van der Waals surface area contributed by atoms with E-state index in [9.17, 15) is 14.4 Å². The molecule has 8 heteroatoms. The van der Waals surface area contributed by atoms with Crippen LogP contribution in [0, 0.1) is 0 Å². The Bertz CT molecular complexity index is 1020. The van der Waals surface area contributed by atoms with Crippen LogP contribution in [-0.4, -0.2) is 41.8 Å². The number of thiophene rings is 1. The predicted molar refractivity (Wildman–Crippen MR) is 113 cm³/mol. The number of carbonyl (C=O) groups is 3. The molecule has 2 atom stereocenters. The molecule has 1 fully saturated rings. The molecule has 0 aliphatic carbocycles. The van der Waals surface area contributed by atoms with Crippen LogP contribution in [0.5, 0.6) is 0 Å². The quantitative estimate of drug-likeness (QED) is 0.633. The minimum atomic E-state index is -0.568. The van der Waals surface area contributed by atoms with E-state index in [1.165, 1.54) is 10.4 Å². The molecule has 1 aromatic heterocycles. The molecule has 7 nitrogen and oxygen atoms in total. The highest BCUT2D eigenvalue weighted by Crippen LogP contribution is 2.29. The van der Waals surface area contributed by atoms with Gasteiger partial charge in [0.2, 0.25) is 11.8 Å². The first kappa shape index (κ1) is 19.4. The number of benzene rings is 1. The maximum absolute atomic E-state index is 12.8. The standard InChI is InChI=1S/C22H24N4O3S/c27-20-4-3-18(21(28)25-20)26-12-14-9-13(1-2-15(14)22(26)29)10-23-11-17-16-6-8-30-19(16)5-7-24-17/h1-2,6,8-9,17-18,23-24H,3-5,7,10-12H2,(H,25,27,28). The van der Waals surface area contributed by atoms with E-state index in [1.54, 1.807) is 4.90 Å². The summed E-state index contributed by atoms with van der Waals surface area (Å²) in [5.74, 6) is -0.770. The van der Waals surface area contributed by atoms with Gasteiger partial charge in [0.05, 0.1) is 0 Å². The fourth-order valence-electron chi connectivity index (χ4n) is 4.61. The zero-order chi connectivity index (χ0) is 20.7. The number of amides is 3. The summed E-state index contributed by atoms with van der Waals surface area (Å²) >= 11 is 1.83. The smallest absolute Gasteiger partial charge is 0.255 e. The molecular weight excluding hydrogens is 400 g/mol. The number of carbonyl (C=O) groups excluding carboxylic acids is 3. The van der Waals surface area contributed by atoms with Gasteiger partial charge in [-0.25, -0.2) is 0 Å². The van der Waals surface area contributed by atoms with Crippen molar-refractivity contribution in [2.75, 3.05) is 13.1 Å². The number of nitrogens with zero attached hydrogens (tertiary/aromatic N) is 1. The number of nitrogens with one attached hydrogen (secondary N) is 3. The molecule has 30 heavy (non-hydrogen) atoms. The van der Waals surface area contributed by atoms with E-state index >= 15 is 0 Å². The molecule has 156 valence electrons. The summed E-state index contributed by atoms with van der Waals surface area (Å²) in [4.78, 5) is 39.4. The highest BCUT2D eigenvalue weighted by Gasteiger charge is 2.39. The van der Waals surface area contributed by atoms with Crippen molar-refractivity contribution < 1.29 is 14.4 Å². The summed E-state index contributed by atoms with van der Waals surface area (Å²) in [5, 5.41) is 11.6. The summed E-state index contributed by atoms with van der Waals surface area (Å²) < 4.78 is 0. The van der Waals surface area contributed by atoms with Crippen molar-refractivity contribution in [3.05, 3.63) is 56.8 Å². The van der Waals surface area contributed by atoms with Crippen LogP contribution in [0.2, 0.25) is 0 Å². The Labute approximate surface area is 178 Å². The monoisotopic (exact) mass is 424 g/mol. The zero-order valence-electron chi connectivity index (χ0n) is 16.6. The fourth-order valence-corrected chi connectivity index (χ4v) is 5.56. The maximum atomic E-state index is 12.8. The molecule has 3 amide bonds. The van der Waals surface area contributed by atoms with Crippen LogP contribution in [0.1, 0.15) is 50.8 Å². The molecule has 3 aliphatic heterocycles. The number of piperidine rings is 1. The van der Waals surface area contributed by atoms with Crippen molar-refractivity contribution in [1.29, 1.82) is 0 Å². The summed E-state index contributed by atoms with van der Waals surface area (Å²) in [7, 11) is 0. The summed E-state index contributed by atoms with van der Waals surface area (Å²) in [5.41, 5.74) is 4.12. The van der Waals surface area contributed by atoms with Crippen LogP contribution >= 0.6 is 11.3 Å². The first-order valence-corrected chi connectivity index (χ1v) is 11.2. The molecule has 0 radical (unpaired) electrons. The van der Waals surface area contributed by atoms with Gasteiger partial charge in [-0.15, -0.1) is 11.3 Å². The molecule has 0 bridgehead atoms. The third-order valence-corrected chi connectivity index (χ3v) is 7.16. The fraction of sp³-hybridized carbons (Fsp3) is 0.409. The van der Waals surface area contributed by atoms with Crippen molar-refractivity contribution in [3.63, 3.8) is 0 Å². The van der Waals surface area contributed by atoms with E-state index in [4.69, 9.17) is 0 Å². The van der Waals surface area contributed by atoms with Crippen molar-refractivity contribution >= 4 is 29.1 Å². The third kappa shape index (κ3) is 3.55. The van der Waals surface area contributed by atoms with E-state index in [2.05, 4.69) is 33.5 Å². The second-order valence-electron chi connectivity index (χ2n) is 8.08. The van der Waals surface area contributed by atoms with Crippen molar-refractivity contribution in [1.82, 2.24) is 20.9 Å². The summed E-state index contributed by atoms with van der Waals surface area (Å²) in [6, 6.07) is 7.86. The third-order valence-electron chi connectivity index (χ3n) is 6.16. The van der Waals surface area contributed by atoms with Gasteiger partial charge >= 0.3 is 0 Å². The van der Waals surface area contributed by atoms with E-state index in [0.29, 0.717) is 24.6 Å². The van der Waals surface area contributed by atoms with Crippen LogP contribution in [0.25, 0.3) is 0 Å². The van der Waals surface area contributed by atoms with Crippen LogP contribution in [-0.2, 0) is 29.1 Å². The van der Waals surface area contributed by atoms with Crippen LogP contribution in [0.15, 0.2) is 29.6 Å². The lowest BCUT2D eigenvalue weighted by atomic mass is 10.0. The Morgan fingerprint density at radius 1 is 1.17 bits per heavy atom. The normalized spacial score (nSPS) is 23.3. The van der Waals surface area contributed by atoms with Crippen LogP contribution in [0.3, 0.4) is 0 Å². The van der Waals surface area contributed by atoms with Gasteiger partial charge < -0.3 is 15.5 Å². The zero-order valence-corrected chi connectivity index (χ0v) is 17.4. The van der Waals surface area contributed by atoms with E-state index in [1.807, 2.05) is 23.5 Å². The van der Waals surface area contributed by atoms with E-state index in [0.717, 1.165) is 37.2 Å². The van der Waals surface area contributed by atoms with Crippen molar-refractivity contribution in [2.24, 2.45) is 0 Å². The van der Waals surface area contributed by atoms with E-state index < -0.39 is 6.04 Å². The van der Waals surface area contributed by atoms with Gasteiger partial charge in [-0.3, -0.25) is 19.7 Å². The van der Waals surface area contributed by atoms with Gasteiger partial charge in [0, 0.05) is 49.1 Å². The van der Waals surface area contributed by atoms with E-state index in [-0.39, 0.29) is 24.1 Å². The average Bonchev–Trinajstić information content (AvgIpc) is 3.33. The van der Waals surface area contributed by atoms with Gasteiger partial charge in [0.1, 0.15) is 6.04 Å². The minimum absolute atomic E-state index is 0.129. The highest BCUT2D eigenvalue weighted by molar-refractivity contribution is 7.10. The molecule has 0 spiro atoms. The molecule has 1 aromatic carbocycles. The number of imide groups is 1. The van der Waals surface area contributed by atoms with Gasteiger partial charge in [-0.2, -0.15) is 0 Å². The van der Waals surface area contributed by atoms with Crippen LogP contribution < -0.4 is 16.0 Å². The molecule has 0 saturated carbocycles. The maximum Gasteiger partial charge on any atom is 0.255 e. The topological polar surface area (TPSA) is 90.5 Å². The molecular formula is C22H24N4O3S. The minimum Gasteiger partial charge on any atom is -0.322 e. The van der Waals surface area contributed by atoms with Crippen molar-refractivity contribution in [2.45, 2.75) is 44.4 Å². The van der Waals surface area contributed by atoms with Gasteiger partial charge in [-0.1, -0.05) is 12.1 Å². The number of hydrogen-bond acceptors (Lipinski definition) is 6. The Balaban J connectivity index is 1.22. The molecule has 1 saturated heterocycles. The van der Waals surface area contributed by atoms with Crippen LogP contribution in [0.4, 0.5) is 0 Å². The number of hydrogen-bond donors (Lipinski definition) is 3. The second-order valence-corrected chi connectivity index (χ2v) is 9.08. The number of rotatable bonds is 5. The Morgan fingerprint density at radius 2 is 2.07 bits per heavy atom. The molecule has 2 unspecified atom stereocenters. The molecule has 4 heterocycles. The molecule has 3 N–H and O–H groups in total. The molecule has 3 aliphatic rings. The lowest BCUT2D eigenvalue weighted by molar-refractivity contribution is -0.136. The Hall–Kier alpha value is -2.55. The SMILES string of the molecule is O=C1CCC(N2Cc3cc(CNCC4NCCc5sccc54)ccc3C2=O)C(=O)N1. The highest BCUT2D eigenvalue weighted by atomic mass is 32.1. The number of fused-ring (bicyclic) bond motifs is 2. The molecule has 5 rings (SSSR count). The lowest BCUT2D eigenvalue weighted by Crippen LogP contribution is -2.52. The average molecular weight is 425 g/mol.